The van der Waals surface area contributed by atoms with Crippen LogP contribution in [0.15, 0.2) is 42.5 Å². The molecule has 0 aliphatic rings. The second kappa shape index (κ2) is 8.33. The van der Waals surface area contributed by atoms with E-state index in [4.69, 9.17) is 0 Å². The van der Waals surface area contributed by atoms with Gasteiger partial charge in [-0.3, -0.25) is 4.79 Å². The molecule has 0 atom stereocenters. The maximum absolute atomic E-state index is 12.5. The Morgan fingerprint density at radius 1 is 1.04 bits per heavy atom. The molecule has 0 aromatic heterocycles. The first-order valence-electron chi connectivity index (χ1n) is 8.37. The first kappa shape index (κ1) is 18.5. The maximum atomic E-state index is 12.5. The highest BCUT2D eigenvalue weighted by Gasteiger charge is 2.13. The Morgan fingerprint density at radius 2 is 1.76 bits per heavy atom. The molecule has 2 rings (SSSR count). The van der Waals surface area contributed by atoms with Gasteiger partial charge in [0.1, 0.15) is 0 Å². The van der Waals surface area contributed by atoms with Crippen LogP contribution in [0.4, 0.5) is 10.5 Å². The van der Waals surface area contributed by atoms with Gasteiger partial charge in [-0.2, -0.15) is 0 Å². The van der Waals surface area contributed by atoms with Crippen LogP contribution < -0.4 is 10.6 Å². The Balaban J connectivity index is 2.10. The fraction of sp³-hybridized carbons (Fsp3) is 0.300. The lowest BCUT2D eigenvalue weighted by Crippen LogP contribution is -2.31. The maximum Gasteiger partial charge on any atom is 0.321 e. The lowest BCUT2D eigenvalue weighted by molar-refractivity contribution is 0.0956. The van der Waals surface area contributed by atoms with E-state index in [-0.39, 0.29) is 11.9 Å². The quantitative estimate of drug-likeness (QED) is 0.872. The molecule has 3 amide bonds. The van der Waals surface area contributed by atoms with Gasteiger partial charge < -0.3 is 15.5 Å². The highest BCUT2D eigenvalue weighted by Crippen LogP contribution is 2.18. The monoisotopic (exact) mass is 339 g/mol. The van der Waals surface area contributed by atoms with Crippen molar-refractivity contribution in [3.63, 3.8) is 0 Å². The first-order chi connectivity index (χ1) is 11.9. The van der Waals surface area contributed by atoms with Gasteiger partial charge in [-0.25, -0.2) is 4.79 Å². The number of nitrogens with one attached hydrogen (secondary N) is 2. The molecule has 5 nitrogen and oxygen atoms in total. The fourth-order valence-electron chi connectivity index (χ4n) is 2.49. The zero-order valence-corrected chi connectivity index (χ0v) is 15.2. The van der Waals surface area contributed by atoms with Gasteiger partial charge in [-0.05, 0) is 49.6 Å². The normalized spacial score (nSPS) is 10.2. The van der Waals surface area contributed by atoms with Crippen molar-refractivity contribution in [3.8, 4) is 0 Å². The van der Waals surface area contributed by atoms with E-state index in [1.807, 2.05) is 51.1 Å². The molecule has 0 saturated heterocycles. The lowest BCUT2D eigenvalue weighted by atomic mass is 10.1. The van der Waals surface area contributed by atoms with Gasteiger partial charge in [0.2, 0.25) is 0 Å². The Hall–Kier alpha value is -2.82. The summed E-state index contributed by atoms with van der Waals surface area (Å²) in [5.74, 6) is -0.147. The third-order valence-electron chi connectivity index (χ3n) is 4.09. The average molecular weight is 339 g/mol. The predicted molar refractivity (Wildman–Crippen MR) is 101 cm³/mol. The number of anilines is 1. The predicted octanol–water partition coefficient (Wildman–Crippen LogP) is 3.72. The number of carbonyl (C=O) groups excluding carboxylic acids is 2. The molecule has 0 fully saturated rings. The SMILES string of the molecule is CCNC(=O)c1ccc(C)c(NC(=O)N(C)Cc2ccccc2C)c1. The summed E-state index contributed by atoms with van der Waals surface area (Å²) in [6.45, 7) is 6.88. The molecule has 0 heterocycles. The number of aryl methyl sites for hydroxylation is 2. The van der Waals surface area contributed by atoms with Crippen molar-refractivity contribution in [2.24, 2.45) is 0 Å². The smallest absolute Gasteiger partial charge is 0.321 e. The molecule has 2 aromatic rings. The summed E-state index contributed by atoms with van der Waals surface area (Å²) in [6.07, 6.45) is 0. The van der Waals surface area contributed by atoms with Crippen LogP contribution in [0.5, 0.6) is 0 Å². The molecule has 0 saturated carbocycles. The zero-order chi connectivity index (χ0) is 18.4. The molecule has 2 aromatic carbocycles. The van der Waals surface area contributed by atoms with Crippen LogP contribution in [0, 0.1) is 13.8 Å². The van der Waals surface area contributed by atoms with Crippen LogP contribution in [0.25, 0.3) is 0 Å². The molecule has 132 valence electrons. The molecule has 0 spiro atoms. The number of carbonyl (C=O) groups is 2. The summed E-state index contributed by atoms with van der Waals surface area (Å²) in [5, 5.41) is 5.66. The molecular weight excluding hydrogens is 314 g/mol. The number of rotatable bonds is 5. The van der Waals surface area contributed by atoms with E-state index >= 15 is 0 Å². The number of amides is 3. The van der Waals surface area contributed by atoms with Crippen LogP contribution in [0.1, 0.15) is 34.0 Å². The molecule has 2 N–H and O–H groups in total. The number of hydrogen-bond donors (Lipinski definition) is 2. The van der Waals surface area contributed by atoms with Crippen molar-refractivity contribution in [1.29, 1.82) is 0 Å². The van der Waals surface area contributed by atoms with E-state index in [1.54, 1.807) is 24.1 Å². The zero-order valence-electron chi connectivity index (χ0n) is 15.2. The van der Waals surface area contributed by atoms with E-state index in [9.17, 15) is 9.59 Å². The molecule has 0 unspecified atom stereocenters. The average Bonchev–Trinajstić information content (AvgIpc) is 2.59. The van der Waals surface area contributed by atoms with Gasteiger partial charge in [0.15, 0.2) is 0 Å². The highest BCUT2D eigenvalue weighted by molar-refractivity contribution is 5.97. The van der Waals surface area contributed by atoms with Gasteiger partial charge in [0, 0.05) is 31.4 Å². The van der Waals surface area contributed by atoms with E-state index in [2.05, 4.69) is 10.6 Å². The fourth-order valence-corrected chi connectivity index (χ4v) is 2.49. The Morgan fingerprint density at radius 3 is 2.44 bits per heavy atom. The van der Waals surface area contributed by atoms with Crippen LogP contribution >= 0.6 is 0 Å². The second-order valence-corrected chi connectivity index (χ2v) is 6.10. The molecule has 0 aliphatic carbocycles. The van der Waals surface area contributed by atoms with Gasteiger partial charge in [-0.1, -0.05) is 30.3 Å². The Kier molecular flexibility index (Phi) is 6.17. The molecule has 0 radical (unpaired) electrons. The summed E-state index contributed by atoms with van der Waals surface area (Å²) in [7, 11) is 1.75. The van der Waals surface area contributed by atoms with Crippen molar-refractivity contribution < 1.29 is 9.59 Å². The standard InChI is InChI=1S/C20H25N3O2/c1-5-21-19(24)16-11-10-15(3)18(12-16)22-20(25)23(4)13-17-9-7-6-8-14(17)2/h6-12H,5,13H2,1-4H3,(H,21,24)(H,22,25). The minimum Gasteiger partial charge on any atom is -0.352 e. The van der Waals surface area contributed by atoms with Crippen molar-refractivity contribution >= 4 is 17.6 Å². The number of urea groups is 1. The van der Waals surface area contributed by atoms with Crippen molar-refractivity contribution in [2.45, 2.75) is 27.3 Å². The second-order valence-electron chi connectivity index (χ2n) is 6.10. The minimum absolute atomic E-state index is 0.147. The largest absolute Gasteiger partial charge is 0.352 e. The number of hydrogen-bond acceptors (Lipinski definition) is 2. The van der Waals surface area contributed by atoms with Gasteiger partial charge in [-0.15, -0.1) is 0 Å². The van der Waals surface area contributed by atoms with Gasteiger partial charge >= 0.3 is 6.03 Å². The van der Waals surface area contributed by atoms with Crippen LogP contribution in [0.3, 0.4) is 0 Å². The van der Waals surface area contributed by atoms with Crippen molar-refractivity contribution in [2.75, 3.05) is 18.9 Å². The first-order valence-corrected chi connectivity index (χ1v) is 8.37. The van der Waals surface area contributed by atoms with Crippen LogP contribution in [-0.2, 0) is 6.54 Å². The van der Waals surface area contributed by atoms with E-state index in [0.717, 1.165) is 16.7 Å². The topological polar surface area (TPSA) is 61.4 Å². The highest BCUT2D eigenvalue weighted by atomic mass is 16.2. The summed E-state index contributed by atoms with van der Waals surface area (Å²) in [4.78, 5) is 26.1. The molecular formula is C20H25N3O2. The Bertz CT molecular complexity index is 771. The van der Waals surface area contributed by atoms with E-state index in [1.165, 1.54) is 0 Å². The number of nitrogens with zero attached hydrogens (tertiary/aromatic N) is 1. The van der Waals surface area contributed by atoms with E-state index in [0.29, 0.717) is 24.3 Å². The van der Waals surface area contributed by atoms with Gasteiger partial charge in [0.25, 0.3) is 5.91 Å². The van der Waals surface area contributed by atoms with Gasteiger partial charge in [0.05, 0.1) is 0 Å². The summed E-state index contributed by atoms with van der Waals surface area (Å²) >= 11 is 0. The Labute approximate surface area is 149 Å². The molecule has 0 bridgehead atoms. The third kappa shape index (κ3) is 4.83. The van der Waals surface area contributed by atoms with Crippen LogP contribution in [0.2, 0.25) is 0 Å². The van der Waals surface area contributed by atoms with Crippen LogP contribution in [-0.4, -0.2) is 30.4 Å². The molecule has 5 heteroatoms. The minimum atomic E-state index is -0.209. The molecule has 0 aliphatic heterocycles. The summed E-state index contributed by atoms with van der Waals surface area (Å²) < 4.78 is 0. The molecule has 25 heavy (non-hydrogen) atoms. The summed E-state index contributed by atoms with van der Waals surface area (Å²) in [6, 6.07) is 13.1. The summed E-state index contributed by atoms with van der Waals surface area (Å²) in [5.41, 5.74) is 4.34. The van der Waals surface area contributed by atoms with E-state index < -0.39 is 0 Å². The van der Waals surface area contributed by atoms with Crippen molar-refractivity contribution in [3.05, 3.63) is 64.7 Å². The third-order valence-corrected chi connectivity index (χ3v) is 4.09. The van der Waals surface area contributed by atoms with Crippen molar-refractivity contribution in [1.82, 2.24) is 10.2 Å². The lowest BCUT2D eigenvalue weighted by Gasteiger charge is -2.20. The number of benzene rings is 2.